The van der Waals surface area contributed by atoms with Crippen molar-refractivity contribution in [1.29, 1.82) is 0 Å². The Morgan fingerprint density at radius 1 is 1.42 bits per heavy atom. The Bertz CT molecular complexity index is 137. The van der Waals surface area contributed by atoms with E-state index in [1.54, 1.807) is 0 Å². The summed E-state index contributed by atoms with van der Waals surface area (Å²) in [5.41, 5.74) is 5.49. The molecule has 2 N–H and O–H groups in total. The Morgan fingerprint density at radius 2 is 2.00 bits per heavy atom. The van der Waals surface area contributed by atoms with Crippen LogP contribution in [0.5, 0.6) is 0 Å². The maximum absolute atomic E-state index is 11.2. The van der Waals surface area contributed by atoms with E-state index in [0.717, 1.165) is 0 Å². The van der Waals surface area contributed by atoms with Crippen molar-refractivity contribution < 1.29 is 8.95 Å². The van der Waals surface area contributed by atoms with E-state index in [0.29, 0.717) is 18.1 Å². The molecule has 0 amide bonds. The Hall–Kier alpha value is 0.0700. The highest BCUT2D eigenvalue weighted by molar-refractivity contribution is 7.85. The van der Waals surface area contributed by atoms with Crippen molar-refractivity contribution in [2.24, 2.45) is 5.73 Å². The molecule has 0 heterocycles. The maximum Gasteiger partial charge on any atom is 0.0585 e. The highest BCUT2D eigenvalue weighted by Crippen LogP contribution is 1.91. The van der Waals surface area contributed by atoms with E-state index >= 15 is 0 Å². The summed E-state index contributed by atoms with van der Waals surface area (Å²) in [6.45, 7) is 6.36. The fourth-order valence-corrected chi connectivity index (χ4v) is 1.79. The van der Waals surface area contributed by atoms with Gasteiger partial charge in [0, 0.05) is 28.3 Å². The van der Waals surface area contributed by atoms with Crippen LogP contribution in [0.3, 0.4) is 0 Å². The summed E-state index contributed by atoms with van der Waals surface area (Å²) in [5.74, 6) is 1.17. The number of nitrogens with two attached hydrogens (primary N) is 1. The second-order valence-electron chi connectivity index (χ2n) is 3.21. The van der Waals surface area contributed by atoms with Gasteiger partial charge in [0.15, 0.2) is 0 Å². The molecule has 0 bridgehead atoms. The number of rotatable bonds is 6. The van der Waals surface area contributed by atoms with Gasteiger partial charge < -0.3 is 10.5 Å². The molecule has 4 heteroatoms. The summed E-state index contributed by atoms with van der Waals surface area (Å²) in [4.78, 5) is 0. The first kappa shape index (κ1) is 12.1. The van der Waals surface area contributed by atoms with Gasteiger partial charge in [0.2, 0.25) is 0 Å². The van der Waals surface area contributed by atoms with Gasteiger partial charge in [-0.05, 0) is 20.8 Å². The van der Waals surface area contributed by atoms with Gasteiger partial charge in [0.1, 0.15) is 0 Å². The lowest BCUT2D eigenvalue weighted by Crippen LogP contribution is -2.25. The van der Waals surface area contributed by atoms with Crippen LogP contribution in [0.4, 0.5) is 0 Å². The summed E-state index contributed by atoms with van der Waals surface area (Å²) >= 11 is 0. The van der Waals surface area contributed by atoms with Crippen LogP contribution in [0.1, 0.15) is 20.8 Å². The minimum Gasteiger partial charge on any atom is -0.378 e. The van der Waals surface area contributed by atoms with Crippen LogP contribution in [0.2, 0.25) is 0 Å². The van der Waals surface area contributed by atoms with E-state index in [9.17, 15) is 4.21 Å². The van der Waals surface area contributed by atoms with Crippen LogP contribution >= 0.6 is 0 Å². The maximum atomic E-state index is 11.2. The van der Waals surface area contributed by atoms with Crippen molar-refractivity contribution in [3.63, 3.8) is 0 Å². The second-order valence-corrected chi connectivity index (χ2v) is 4.83. The van der Waals surface area contributed by atoms with E-state index in [2.05, 4.69) is 0 Å². The summed E-state index contributed by atoms with van der Waals surface area (Å²) in [5, 5.41) is 0. The zero-order valence-corrected chi connectivity index (χ0v) is 8.89. The molecule has 0 radical (unpaired) electrons. The average molecular weight is 193 g/mol. The lowest BCUT2D eigenvalue weighted by molar-refractivity contribution is 0.0916. The number of ether oxygens (including phenoxy) is 1. The molecule has 0 saturated carbocycles. The largest absolute Gasteiger partial charge is 0.378 e. The standard InChI is InChI=1S/C8H19NO2S/c1-7(2)11-4-5-12(10)6-8(3)9/h7-8H,4-6,9H2,1-3H3. The van der Waals surface area contributed by atoms with E-state index in [1.165, 1.54) is 0 Å². The molecule has 0 spiro atoms. The van der Waals surface area contributed by atoms with Crippen molar-refractivity contribution in [3.8, 4) is 0 Å². The molecule has 0 aliphatic heterocycles. The van der Waals surface area contributed by atoms with Crippen LogP contribution in [-0.4, -0.2) is 34.5 Å². The summed E-state index contributed by atoms with van der Waals surface area (Å²) in [6.07, 6.45) is 0.220. The fraction of sp³-hybridized carbons (Fsp3) is 1.00. The van der Waals surface area contributed by atoms with Gasteiger partial charge in [-0.1, -0.05) is 0 Å². The minimum absolute atomic E-state index is 0.0184. The number of hydrogen-bond donors (Lipinski definition) is 1. The topological polar surface area (TPSA) is 52.3 Å². The second kappa shape index (κ2) is 6.57. The molecular weight excluding hydrogens is 174 g/mol. The molecule has 0 aliphatic rings. The molecule has 0 aromatic heterocycles. The van der Waals surface area contributed by atoms with Crippen molar-refractivity contribution in [2.45, 2.75) is 32.9 Å². The molecule has 2 atom stereocenters. The highest BCUT2D eigenvalue weighted by Gasteiger charge is 2.03. The minimum atomic E-state index is -0.817. The monoisotopic (exact) mass is 193 g/mol. The molecular formula is C8H19NO2S. The predicted octanol–water partition coefficient (Wildman–Crippen LogP) is 0.507. The smallest absolute Gasteiger partial charge is 0.0585 e. The van der Waals surface area contributed by atoms with Crippen LogP contribution < -0.4 is 5.73 Å². The van der Waals surface area contributed by atoms with E-state index in [-0.39, 0.29) is 12.1 Å². The van der Waals surface area contributed by atoms with Crippen LogP contribution in [-0.2, 0) is 15.5 Å². The number of hydrogen-bond acceptors (Lipinski definition) is 3. The fourth-order valence-electron chi connectivity index (χ4n) is 0.753. The molecule has 0 aromatic rings. The predicted molar refractivity (Wildman–Crippen MR) is 52.6 cm³/mol. The van der Waals surface area contributed by atoms with Gasteiger partial charge in [-0.3, -0.25) is 4.21 Å². The first-order valence-electron chi connectivity index (χ1n) is 4.24. The van der Waals surface area contributed by atoms with Gasteiger partial charge in [0.05, 0.1) is 12.7 Å². The Morgan fingerprint density at radius 3 is 2.42 bits per heavy atom. The van der Waals surface area contributed by atoms with Gasteiger partial charge in [-0.15, -0.1) is 0 Å². The van der Waals surface area contributed by atoms with Gasteiger partial charge in [-0.2, -0.15) is 0 Å². The van der Waals surface area contributed by atoms with Crippen LogP contribution in [0.25, 0.3) is 0 Å². The van der Waals surface area contributed by atoms with Crippen molar-refractivity contribution in [1.82, 2.24) is 0 Å². The molecule has 12 heavy (non-hydrogen) atoms. The normalized spacial score (nSPS) is 16.4. The quantitative estimate of drug-likeness (QED) is 0.668. The third kappa shape index (κ3) is 8.17. The first-order valence-corrected chi connectivity index (χ1v) is 5.73. The van der Waals surface area contributed by atoms with E-state index in [1.807, 2.05) is 20.8 Å². The molecule has 74 valence electrons. The van der Waals surface area contributed by atoms with Crippen molar-refractivity contribution >= 4 is 10.8 Å². The van der Waals surface area contributed by atoms with Crippen molar-refractivity contribution in [3.05, 3.63) is 0 Å². The van der Waals surface area contributed by atoms with E-state index < -0.39 is 10.8 Å². The average Bonchev–Trinajstić information content (AvgIpc) is 1.84. The van der Waals surface area contributed by atoms with Crippen LogP contribution in [0.15, 0.2) is 0 Å². The third-order valence-corrected chi connectivity index (χ3v) is 2.73. The zero-order valence-electron chi connectivity index (χ0n) is 8.08. The molecule has 0 fully saturated rings. The Labute approximate surface area is 77.1 Å². The molecule has 0 saturated heterocycles. The summed E-state index contributed by atoms with van der Waals surface area (Å²) in [6, 6.07) is 0.0184. The molecule has 0 aromatic carbocycles. The summed E-state index contributed by atoms with van der Waals surface area (Å²) < 4.78 is 16.4. The first-order chi connectivity index (χ1) is 5.52. The molecule has 0 rings (SSSR count). The van der Waals surface area contributed by atoms with Gasteiger partial charge in [0.25, 0.3) is 0 Å². The summed E-state index contributed by atoms with van der Waals surface area (Å²) in [7, 11) is -0.817. The molecule has 3 nitrogen and oxygen atoms in total. The SMILES string of the molecule is CC(N)CS(=O)CCOC(C)C. The third-order valence-electron chi connectivity index (χ3n) is 1.21. The Balaban J connectivity index is 3.32. The Kier molecular flexibility index (Phi) is 6.61. The van der Waals surface area contributed by atoms with Gasteiger partial charge in [-0.25, -0.2) is 0 Å². The highest BCUT2D eigenvalue weighted by atomic mass is 32.2. The lowest BCUT2D eigenvalue weighted by Gasteiger charge is -2.08. The molecule has 2 unspecified atom stereocenters. The van der Waals surface area contributed by atoms with E-state index in [4.69, 9.17) is 10.5 Å². The van der Waals surface area contributed by atoms with Gasteiger partial charge >= 0.3 is 0 Å². The van der Waals surface area contributed by atoms with Crippen LogP contribution in [0, 0.1) is 0 Å². The zero-order chi connectivity index (χ0) is 9.56. The van der Waals surface area contributed by atoms with Crippen molar-refractivity contribution in [2.75, 3.05) is 18.1 Å². The molecule has 0 aliphatic carbocycles. The lowest BCUT2D eigenvalue weighted by atomic mass is 10.4.